The summed E-state index contributed by atoms with van der Waals surface area (Å²) < 4.78 is 17.6. The predicted octanol–water partition coefficient (Wildman–Crippen LogP) is 2.42. The number of carbonyl (C=O) groups excluding carboxylic acids is 2. The summed E-state index contributed by atoms with van der Waals surface area (Å²) in [5.74, 6) is -0.310. The van der Waals surface area contributed by atoms with Crippen LogP contribution in [0.5, 0.6) is 0 Å². The van der Waals surface area contributed by atoms with Crippen molar-refractivity contribution in [3.63, 3.8) is 0 Å². The highest BCUT2D eigenvalue weighted by atomic mass is 19.1. The maximum Gasteiger partial charge on any atom is 0.409 e. The number of amides is 3. The van der Waals surface area contributed by atoms with Gasteiger partial charge < -0.3 is 20.3 Å². The number of methoxy groups -OCH3 is 1. The van der Waals surface area contributed by atoms with Crippen LogP contribution < -0.4 is 10.6 Å². The first-order chi connectivity index (χ1) is 11.0. The van der Waals surface area contributed by atoms with Crippen molar-refractivity contribution < 1.29 is 18.7 Å². The lowest BCUT2D eigenvalue weighted by molar-refractivity contribution is 0.108. The van der Waals surface area contributed by atoms with Gasteiger partial charge in [0.2, 0.25) is 0 Å². The summed E-state index contributed by atoms with van der Waals surface area (Å²) in [6.45, 7) is 2.90. The number of hydrogen-bond donors (Lipinski definition) is 2. The Hall–Kier alpha value is -2.31. The zero-order valence-electron chi connectivity index (χ0n) is 13.3. The summed E-state index contributed by atoms with van der Waals surface area (Å²) in [7, 11) is 1.34. The van der Waals surface area contributed by atoms with Gasteiger partial charge in [-0.3, -0.25) is 0 Å². The van der Waals surface area contributed by atoms with Gasteiger partial charge in [-0.05, 0) is 37.5 Å². The molecule has 126 valence electrons. The van der Waals surface area contributed by atoms with Crippen molar-refractivity contribution in [2.24, 2.45) is 0 Å². The smallest absolute Gasteiger partial charge is 0.409 e. The van der Waals surface area contributed by atoms with Crippen LogP contribution in [-0.2, 0) is 4.74 Å². The third kappa shape index (κ3) is 4.84. The van der Waals surface area contributed by atoms with Crippen molar-refractivity contribution in [3.8, 4) is 0 Å². The maximum absolute atomic E-state index is 12.9. The quantitative estimate of drug-likeness (QED) is 0.897. The van der Waals surface area contributed by atoms with Crippen LogP contribution in [-0.4, -0.2) is 43.3 Å². The Labute approximate surface area is 135 Å². The molecule has 3 amide bonds. The summed E-state index contributed by atoms with van der Waals surface area (Å²) in [5.41, 5.74) is 0.821. The normalized spacial score (nSPS) is 18.9. The molecule has 1 aromatic carbocycles. The number of likely N-dealkylation sites (tertiary alicyclic amines) is 1. The summed E-state index contributed by atoms with van der Waals surface area (Å²) >= 11 is 0. The summed E-state index contributed by atoms with van der Waals surface area (Å²) in [4.78, 5) is 25.2. The average molecular weight is 323 g/mol. The van der Waals surface area contributed by atoms with Crippen LogP contribution in [0.2, 0.25) is 0 Å². The monoisotopic (exact) mass is 323 g/mol. The van der Waals surface area contributed by atoms with Crippen molar-refractivity contribution in [2.45, 2.75) is 31.8 Å². The van der Waals surface area contributed by atoms with E-state index in [-0.39, 0.29) is 30.0 Å². The number of ether oxygens (including phenoxy) is 1. The molecule has 0 bridgehead atoms. The molecule has 0 unspecified atom stereocenters. The minimum absolute atomic E-state index is 0.108. The second kappa shape index (κ2) is 7.80. The number of piperidine rings is 1. The van der Waals surface area contributed by atoms with E-state index in [0.717, 1.165) is 18.4 Å². The fraction of sp³-hybridized carbons (Fsp3) is 0.500. The van der Waals surface area contributed by atoms with Crippen molar-refractivity contribution in [1.82, 2.24) is 15.5 Å². The first-order valence-electron chi connectivity index (χ1n) is 7.65. The van der Waals surface area contributed by atoms with Gasteiger partial charge in [-0.25, -0.2) is 14.0 Å². The minimum Gasteiger partial charge on any atom is -0.453 e. The highest BCUT2D eigenvalue weighted by molar-refractivity contribution is 5.75. The number of nitrogens with zero attached hydrogens (tertiary/aromatic N) is 1. The van der Waals surface area contributed by atoms with Crippen molar-refractivity contribution >= 4 is 12.1 Å². The van der Waals surface area contributed by atoms with Crippen LogP contribution >= 0.6 is 0 Å². The number of benzene rings is 1. The van der Waals surface area contributed by atoms with Gasteiger partial charge in [-0.1, -0.05) is 12.1 Å². The SMILES string of the molecule is COC(=O)N1CCC[C@@H](NC(=O)N[C@H](C)c2ccc(F)cc2)C1. The van der Waals surface area contributed by atoms with E-state index in [4.69, 9.17) is 4.74 Å². The molecule has 1 aromatic rings. The number of hydrogen-bond acceptors (Lipinski definition) is 3. The Balaban J connectivity index is 1.84. The number of carbonyl (C=O) groups is 2. The highest BCUT2D eigenvalue weighted by Crippen LogP contribution is 2.14. The zero-order chi connectivity index (χ0) is 16.8. The number of nitrogens with one attached hydrogen (secondary N) is 2. The third-order valence-corrected chi connectivity index (χ3v) is 3.91. The average Bonchev–Trinajstić information content (AvgIpc) is 2.54. The molecule has 0 radical (unpaired) electrons. The molecule has 1 aliphatic heterocycles. The fourth-order valence-corrected chi connectivity index (χ4v) is 2.65. The minimum atomic E-state index is -0.378. The molecule has 2 rings (SSSR count). The number of halogens is 1. The number of urea groups is 1. The highest BCUT2D eigenvalue weighted by Gasteiger charge is 2.25. The molecule has 1 aliphatic rings. The molecular weight excluding hydrogens is 301 g/mol. The van der Waals surface area contributed by atoms with Gasteiger partial charge in [0.15, 0.2) is 0 Å². The van der Waals surface area contributed by atoms with E-state index in [2.05, 4.69) is 10.6 Å². The van der Waals surface area contributed by atoms with E-state index >= 15 is 0 Å². The molecule has 7 heteroatoms. The van der Waals surface area contributed by atoms with Crippen molar-refractivity contribution in [1.29, 1.82) is 0 Å². The van der Waals surface area contributed by atoms with Gasteiger partial charge in [-0.2, -0.15) is 0 Å². The van der Waals surface area contributed by atoms with Crippen molar-refractivity contribution in [3.05, 3.63) is 35.6 Å². The molecule has 0 spiro atoms. The first-order valence-corrected chi connectivity index (χ1v) is 7.65. The maximum atomic E-state index is 12.9. The Morgan fingerprint density at radius 1 is 1.35 bits per heavy atom. The van der Waals surface area contributed by atoms with Gasteiger partial charge in [-0.15, -0.1) is 0 Å². The summed E-state index contributed by atoms with van der Waals surface area (Å²) in [6.07, 6.45) is 1.25. The molecule has 1 heterocycles. The summed E-state index contributed by atoms with van der Waals surface area (Å²) in [5, 5.41) is 5.68. The molecule has 2 atom stereocenters. The van der Waals surface area contributed by atoms with Crippen LogP contribution in [0.25, 0.3) is 0 Å². The molecular formula is C16H22FN3O3. The molecule has 2 N–H and O–H groups in total. The second-order valence-electron chi connectivity index (χ2n) is 5.65. The van der Waals surface area contributed by atoms with E-state index in [9.17, 15) is 14.0 Å². The van der Waals surface area contributed by atoms with E-state index in [0.29, 0.717) is 13.1 Å². The Bertz CT molecular complexity index is 550. The van der Waals surface area contributed by atoms with Crippen LogP contribution in [0, 0.1) is 5.82 Å². The van der Waals surface area contributed by atoms with Crippen LogP contribution in [0.15, 0.2) is 24.3 Å². The van der Waals surface area contributed by atoms with E-state index < -0.39 is 0 Å². The number of rotatable bonds is 3. The molecule has 1 fully saturated rings. The first kappa shape index (κ1) is 17.1. The lowest BCUT2D eigenvalue weighted by atomic mass is 10.1. The molecule has 1 saturated heterocycles. The Morgan fingerprint density at radius 2 is 2.04 bits per heavy atom. The van der Waals surface area contributed by atoms with Gasteiger partial charge in [0.25, 0.3) is 0 Å². The second-order valence-corrected chi connectivity index (χ2v) is 5.65. The molecule has 0 aliphatic carbocycles. The van der Waals surface area contributed by atoms with E-state index in [1.807, 2.05) is 6.92 Å². The predicted molar refractivity (Wildman–Crippen MR) is 83.5 cm³/mol. The Morgan fingerprint density at radius 3 is 2.70 bits per heavy atom. The van der Waals surface area contributed by atoms with E-state index in [1.165, 1.54) is 19.2 Å². The van der Waals surface area contributed by atoms with Gasteiger partial charge in [0.05, 0.1) is 13.2 Å². The Kier molecular flexibility index (Phi) is 5.78. The fourth-order valence-electron chi connectivity index (χ4n) is 2.65. The molecule has 0 aromatic heterocycles. The molecule has 6 nitrogen and oxygen atoms in total. The van der Waals surface area contributed by atoms with Crippen LogP contribution in [0.1, 0.15) is 31.4 Å². The zero-order valence-corrected chi connectivity index (χ0v) is 13.3. The van der Waals surface area contributed by atoms with Crippen LogP contribution in [0.4, 0.5) is 14.0 Å². The lowest BCUT2D eigenvalue weighted by Crippen LogP contribution is -2.52. The van der Waals surface area contributed by atoms with Gasteiger partial charge >= 0.3 is 12.1 Å². The standard InChI is InChI=1S/C16H22FN3O3/c1-11(12-5-7-13(17)8-6-12)18-15(21)19-14-4-3-9-20(10-14)16(22)23-2/h5-8,11,14H,3-4,9-10H2,1-2H3,(H2,18,19,21)/t11-,14-/m1/s1. The van der Waals surface area contributed by atoms with Crippen LogP contribution in [0.3, 0.4) is 0 Å². The topological polar surface area (TPSA) is 70.7 Å². The van der Waals surface area contributed by atoms with Gasteiger partial charge in [0.1, 0.15) is 5.82 Å². The van der Waals surface area contributed by atoms with Gasteiger partial charge in [0, 0.05) is 19.1 Å². The molecule has 0 saturated carbocycles. The lowest BCUT2D eigenvalue weighted by Gasteiger charge is -2.32. The van der Waals surface area contributed by atoms with E-state index in [1.54, 1.807) is 17.0 Å². The molecule has 23 heavy (non-hydrogen) atoms. The third-order valence-electron chi connectivity index (χ3n) is 3.91. The summed E-state index contributed by atoms with van der Waals surface area (Å²) in [6, 6.07) is 5.35. The van der Waals surface area contributed by atoms with Crippen molar-refractivity contribution in [2.75, 3.05) is 20.2 Å². The largest absolute Gasteiger partial charge is 0.453 e.